The first-order chi connectivity index (χ1) is 11.2. The van der Waals surface area contributed by atoms with Gasteiger partial charge < -0.3 is 4.52 Å². The first-order valence-corrected chi connectivity index (χ1v) is 12.3. The summed E-state index contributed by atoms with van der Waals surface area (Å²) in [6.45, 7) is 2.37. The van der Waals surface area contributed by atoms with Crippen LogP contribution < -0.4 is 0 Å². The Hall–Kier alpha value is 0.190. The summed E-state index contributed by atoms with van der Waals surface area (Å²) in [5, 5.41) is 0. The molecular weight excluding hydrogens is 303 g/mol. The molecule has 1 aliphatic heterocycles. The molecule has 0 bridgehead atoms. The fraction of sp³-hybridized carbons (Fsp3) is 1.00. The zero-order valence-electron chi connectivity index (χ0n) is 14.9. The van der Waals surface area contributed by atoms with Crippen LogP contribution in [0.25, 0.3) is 0 Å². The molecule has 0 aromatic heterocycles. The summed E-state index contributed by atoms with van der Waals surface area (Å²) in [4.78, 5) is 0. The average Bonchev–Trinajstić information content (AvgIpc) is 2.57. The Kier molecular flexibility index (Phi) is 4.94. The van der Waals surface area contributed by atoms with E-state index >= 15 is 0 Å². The Labute approximate surface area is 142 Å². The van der Waals surface area contributed by atoms with Crippen LogP contribution in [-0.4, -0.2) is 17.9 Å². The minimum absolute atomic E-state index is 0.344. The van der Waals surface area contributed by atoms with E-state index in [1.807, 2.05) is 0 Å². The molecule has 0 aromatic carbocycles. The SMILES string of the molecule is CC1CCC(CP2(=O)OC3CCCCC3C3CCCCC32)CC1. The van der Waals surface area contributed by atoms with Crippen molar-refractivity contribution in [1.82, 2.24) is 0 Å². The molecule has 132 valence electrons. The minimum Gasteiger partial charge on any atom is -0.325 e. The second-order valence-corrected chi connectivity index (χ2v) is 11.8. The van der Waals surface area contributed by atoms with Crippen molar-refractivity contribution in [2.45, 2.75) is 95.7 Å². The summed E-state index contributed by atoms with van der Waals surface area (Å²) in [7, 11) is -2.42. The summed E-state index contributed by atoms with van der Waals surface area (Å²) in [6.07, 6.45) is 16.9. The van der Waals surface area contributed by atoms with Gasteiger partial charge in [-0.25, -0.2) is 0 Å². The second kappa shape index (κ2) is 6.83. The fourth-order valence-corrected chi connectivity index (χ4v) is 10.1. The van der Waals surface area contributed by atoms with Crippen LogP contribution in [0.3, 0.4) is 0 Å². The number of rotatable bonds is 2. The van der Waals surface area contributed by atoms with E-state index < -0.39 is 7.37 Å². The van der Waals surface area contributed by atoms with Crippen molar-refractivity contribution < 1.29 is 9.09 Å². The summed E-state index contributed by atoms with van der Waals surface area (Å²) in [5.74, 6) is 3.03. The van der Waals surface area contributed by atoms with Gasteiger partial charge >= 0.3 is 0 Å². The highest BCUT2D eigenvalue weighted by Crippen LogP contribution is 2.67. The van der Waals surface area contributed by atoms with Gasteiger partial charge in [-0.05, 0) is 62.2 Å². The van der Waals surface area contributed by atoms with Crippen LogP contribution in [0.5, 0.6) is 0 Å². The summed E-state index contributed by atoms with van der Waals surface area (Å²) in [5.41, 5.74) is 0.426. The topological polar surface area (TPSA) is 26.3 Å². The van der Waals surface area contributed by atoms with E-state index in [2.05, 4.69) is 6.92 Å². The van der Waals surface area contributed by atoms with Crippen LogP contribution >= 0.6 is 7.37 Å². The van der Waals surface area contributed by atoms with Crippen molar-refractivity contribution in [3.63, 3.8) is 0 Å². The van der Waals surface area contributed by atoms with E-state index in [9.17, 15) is 4.57 Å². The van der Waals surface area contributed by atoms with E-state index in [1.165, 1.54) is 77.0 Å². The molecule has 1 saturated heterocycles. The third-order valence-electron chi connectivity index (χ3n) is 7.55. The lowest BCUT2D eigenvalue weighted by Gasteiger charge is -2.51. The van der Waals surface area contributed by atoms with Gasteiger partial charge in [0.1, 0.15) is 0 Å². The quantitative estimate of drug-likeness (QED) is 0.557. The van der Waals surface area contributed by atoms with Crippen LogP contribution in [0, 0.1) is 23.7 Å². The fourth-order valence-electron chi connectivity index (χ4n) is 6.23. The van der Waals surface area contributed by atoms with E-state index in [0.717, 1.165) is 23.9 Å². The van der Waals surface area contributed by atoms with Gasteiger partial charge in [-0.1, -0.05) is 45.4 Å². The van der Waals surface area contributed by atoms with Crippen molar-refractivity contribution >= 4 is 7.37 Å². The molecule has 0 amide bonds. The molecule has 0 spiro atoms. The van der Waals surface area contributed by atoms with Gasteiger partial charge in [-0.2, -0.15) is 0 Å². The lowest BCUT2D eigenvalue weighted by molar-refractivity contribution is 0.0163. The third-order valence-corrected chi connectivity index (χ3v) is 10.9. The molecule has 5 atom stereocenters. The second-order valence-electron chi connectivity index (χ2n) is 9.14. The average molecular weight is 338 g/mol. The highest BCUT2D eigenvalue weighted by molar-refractivity contribution is 7.59. The van der Waals surface area contributed by atoms with Crippen molar-refractivity contribution in [3.8, 4) is 0 Å². The zero-order valence-corrected chi connectivity index (χ0v) is 15.8. The smallest absolute Gasteiger partial charge is 0.206 e. The lowest BCUT2D eigenvalue weighted by Crippen LogP contribution is -2.46. The highest BCUT2D eigenvalue weighted by atomic mass is 31.2. The Balaban J connectivity index is 1.52. The maximum absolute atomic E-state index is 14.0. The van der Waals surface area contributed by atoms with Gasteiger partial charge in [0.15, 0.2) is 0 Å². The molecule has 3 aliphatic carbocycles. The van der Waals surface area contributed by atoms with Gasteiger partial charge in [-0.3, -0.25) is 4.57 Å². The largest absolute Gasteiger partial charge is 0.325 e. The monoisotopic (exact) mass is 338 g/mol. The maximum atomic E-state index is 14.0. The van der Waals surface area contributed by atoms with Crippen molar-refractivity contribution in [1.29, 1.82) is 0 Å². The van der Waals surface area contributed by atoms with Crippen molar-refractivity contribution in [2.24, 2.45) is 23.7 Å². The van der Waals surface area contributed by atoms with Gasteiger partial charge in [0.25, 0.3) is 0 Å². The molecule has 2 nitrogen and oxygen atoms in total. The normalized spacial score (nSPS) is 50.8. The number of hydrogen-bond acceptors (Lipinski definition) is 2. The number of fused-ring (bicyclic) bond motifs is 3. The van der Waals surface area contributed by atoms with Gasteiger partial charge in [0, 0.05) is 11.8 Å². The van der Waals surface area contributed by atoms with E-state index in [-0.39, 0.29) is 0 Å². The molecular formula is C20H35O2P. The molecule has 4 rings (SSSR count). The molecule has 4 aliphatic rings. The van der Waals surface area contributed by atoms with Crippen LogP contribution in [-0.2, 0) is 9.09 Å². The van der Waals surface area contributed by atoms with Gasteiger partial charge in [-0.15, -0.1) is 0 Å². The van der Waals surface area contributed by atoms with E-state index in [1.54, 1.807) is 0 Å². The third kappa shape index (κ3) is 3.32. The van der Waals surface area contributed by atoms with E-state index in [4.69, 9.17) is 4.52 Å². The van der Waals surface area contributed by atoms with Gasteiger partial charge in [0.05, 0.1) is 6.10 Å². The molecule has 4 fully saturated rings. The summed E-state index contributed by atoms with van der Waals surface area (Å²) >= 11 is 0. The molecule has 23 heavy (non-hydrogen) atoms. The molecule has 5 unspecified atom stereocenters. The van der Waals surface area contributed by atoms with Crippen molar-refractivity contribution in [2.75, 3.05) is 6.16 Å². The van der Waals surface area contributed by atoms with Crippen LogP contribution in [0.2, 0.25) is 0 Å². The van der Waals surface area contributed by atoms with Crippen LogP contribution in [0.15, 0.2) is 0 Å². The summed E-state index contributed by atoms with van der Waals surface area (Å²) < 4.78 is 20.5. The van der Waals surface area contributed by atoms with Crippen LogP contribution in [0.4, 0.5) is 0 Å². The molecule has 1 heterocycles. The highest BCUT2D eigenvalue weighted by Gasteiger charge is 2.52. The Bertz CT molecular complexity index is 455. The Morgan fingerprint density at radius 1 is 0.826 bits per heavy atom. The van der Waals surface area contributed by atoms with Crippen molar-refractivity contribution in [3.05, 3.63) is 0 Å². The molecule has 3 saturated carbocycles. The standard InChI is InChI=1S/C20H35O2P/c1-15-10-12-16(13-11-15)14-23(21)20-9-5-3-7-18(20)17-6-2-4-8-19(17)22-23/h15-20H,2-14H2,1H3. The predicted octanol–water partition coefficient (Wildman–Crippen LogP) is 6.24. The molecule has 0 aromatic rings. The zero-order chi connectivity index (χ0) is 15.9. The van der Waals surface area contributed by atoms with Gasteiger partial charge in [0.2, 0.25) is 7.37 Å². The summed E-state index contributed by atoms with van der Waals surface area (Å²) in [6, 6.07) is 0. The Morgan fingerprint density at radius 3 is 2.26 bits per heavy atom. The first-order valence-electron chi connectivity index (χ1n) is 10.4. The maximum Gasteiger partial charge on any atom is 0.206 e. The molecule has 3 heteroatoms. The van der Waals surface area contributed by atoms with Crippen LogP contribution in [0.1, 0.15) is 84.0 Å². The molecule has 0 N–H and O–H groups in total. The first kappa shape index (κ1) is 16.6. The minimum atomic E-state index is -2.42. The number of hydrogen-bond donors (Lipinski definition) is 0. The predicted molar refractivity (Wildman–Crippen MR) is 96.2 cm³/mol. The van der Waals surface area contributed by atoms with E-state index in [0.29, 0.717) is 17.7 Å². The molecule has 0 radical (unpaired) electrons. The Morgan fingerprint density at radius 2 is 1.48 bits per heavy atom. The lowest BCUT2D eigenvalue weighted by atomic mass is 9.71.